The minimum Gasteiger partial charge on any atom is -0.490 e. The van der Waals surface area contributed by atoms with Crippen molar-refractivity contribution in [2.75, 3.05) is 32.8 Å². The summed E-state index contributed by atoms with van der Waals surface area (Å²) in [5, 5.41) is 19.7. The van der Waals surface area contributed by atoms with Crippen LogP contribution in [-0.4, -0.2) is 54.1 Å². The molecule has 4 nitrogen and oxygen atoms in total. The third-order valence-corrected chi connectivity index (χ3v) is 4.74. The molecule has 0 bridgehead atoms. The zero-order valence-electron chi connectivity index (χ0n) is 16.1. The number of rotatable bonds is 10. The fourth-order valence-corrected chi connectivity index (χ4v) is 3.05. The van der Waals surface area contributed by atoms with Gasteiger partial charge in [-0.25, -0.2) is 0 Å². The van der Waals surface area contributed by atoms with Crippen LogP contribution in [0.25, 0.3) is 0 Å². The lowest BCUT2D eigenvalue weighted by Crippen LogP contribution is -2.38. The van der Waals surface area contributed by atoms with Crippen molar-refractivity contribution in [1.82, 2.24) is 4.90 Å². The third kappa shape index (κ3) is 6.13. The van der Waals surface area contributed by atoms with Gasteiger partial charge in [-0.05, 0) is 49.4 Å². The third-order valence-electron chi connectivity index (χ3n) is 4.74. The average molecular weight is 357 g/mol. The Morgan fingerprint density at radius 2 is 1.65 bits per heavy atom. The van der Waals surface area contributed by atoms with Crippen molar-refractivity contribution in [3.05, 3.63) is 64.7 Å². The number of ether oxygens (including phenoxy) is 1. The highest BCUT2D eigenvalue weighted by Gasteiger charge is 2.14. The first-order chi connectivity index (χ1) is 12.5. The highest BCUT2D eigenvalue weighted by atomic mass is 16.5. The van der Waals surface area contributed by atoms with E-state index in [-0.39, 0.29) is 13.2 Å². The number of aryl methyl sites for hydroxylation is 2. The van der Waals surface area contributed by atoms with E-state index in [1.54, 1.807) is 0 Å². The maximum absolute atomic E-state index is 10.4. The number of hydrogen-bond acceptors (Lipinski definition) is 4. The van der Waals surface area contributed by atoms with Gasteiger partial charge in [-0.3, -0.25) is 4.90 Å². The largest absolute Gasteiger partial charge is 0.490 e. The van der Waals surface area contributed by atoms with Crippen molar-refractivity contribution >= 4 is 0 Å². The molecular weight excluding hydrogens is 326 g/mol. The Morgan fingerprint density at radius 1 is 0.962 bits per heavy atom. The highest BCUT2D eigenvalue weighted by molar-refractivity contribution is 5.44. The Hall–Kier alpha value is -1.88. The van der Waals surface area contributed by atoms with Crippen LogP contribution in [0.2, 0.25) is 0 Å². The van der Waals surface area contributed by atoms with E-state index in [4.69, 9.17) is 4.74 Å². The van der Waals surface area contributed by atoms with Gasteiger partial charge < -0.3 is 14.9 Å². The van der Waals surface area contributed by atoms with Crippen LogP contribution in [-0.2, 0) is 6.42 Å². The van der Waals surface area contributed by atoms with Crippen LogP contribution in [0.1, 0.15) is 22.3 Å². The number of nitrogens with zero attached hydrogens (tertiary/aromatic N) is 1. The molecule has 0 saturated carbocycles. The van der Waals surface area contributed by atoms with Gasteiger partial charge in [-0.15, -0.1) is 0 Å². The molecule has 0 spiro atoms. The number of hydrogen-bond donors (Lipinski definition) is 2. The Kier molecular flexibility index (Phi) is 8.10. The summed E-state index contributed by atoms with van der Waals surface area (Å²) >= 11 is 0. The van der Waals surface area contributed by atoms with Gasteiger partial charge in [-0.1, -0.05) is 42.5 Å². The van der Waals surface area contributed by atoms with E-state index in [1.165, 1.54) is 11.1 Å². The van der Waals surface area contributed by atoms with E-state index in [1.807, 2.05) is 38.1 Å². The molecule has 0 aliphatic heterocycles. The van der Waals surface area contributed by atoms with Crippen LogP contribution in [0.3, 0.4) is 0 Å². The summed E-state index contributed by atoms with van der Waals surface area (Å²) in [7, 11) is 0. The zero-order chi connectivity index (χ0) is 18.9. The maximum Gasteiger partial charge on any atom is 0.125 e. The van der Waals surface area contributed by atoms with Crippen molar-refractivity contribution in [3.63, 3.8) is 0 Å². The first-order valence-electron chi connectivity index (χ1n) is 9.26. The topological polar surface area (TPSA) is 52.9 Å². The van der Waals surface area contributed by atoms with Gasteiger partial charge in [0.05, 0.1) is 6.61 Å². The standard InChI is InChI=1S/C22H31NO3/c1-17-9-10-18(2)22(19(17)3)26-16-21(25)15-23(13-14-24)12-11-20-7-5-4-6-8-20/h4-10,21,24-25H,11-16H2,1-3H3. The van der Waals surface area contributed by atoms with E-state index in [9.17, 15) is 10.2 Å². The van der Waals surface area contributed by atoms with E-state index in [0.29, 0.717) is 13.1 Å². The Bertz CT molecular complexity index is 673. The predicted molar refractivity (Wildman–Crippen MR) is 106 cm³/mol. The molecule has 0 aliphatic carbocycles. The van der Waals surface area contributed by atoms with Crippen LogP contribution in [0, 0.1) is 20.8 Å². The van der Waals surface area contributed by atoms with Gasteiger partial charge in [0.2, 0.25) is 0 Å². The molecule has 142 valence electrons. The van der Waals surface area contributed by atoms with E-state index < -0.39 is 6.10 Å². The molecule has 2 aromatic rings. The molecule has 2 N–H and O–H groups in total. The molecule has 26 heavy (non-hydrogen) atoms. The van der Waals surface area contributed by atoms with Crippen molar-refractivity contribution in [1.29, 1.82) is 0 Å². The van der Waals surface area contributed by atoms with Gasteiger partial charge >= 0.3 is 0 Å². The summed E-state index contributed by atoms with van der Waals surface area (Å²) in [4.78, 5) is 2.08. The molecule has 1 unspecified atom stereocenters. The number of aliphatic hydroxyl groups excluding tert-OH is 2. The highest BCUT2D eigenvalue weighted by Crippen LogP contribution is 2.25. The molecule has 2 rings (SSSR count). The molecule has 4 heteroatoms. The fraction of sp³-hybridized carbons (Fsp3) is 0.455. The summed E-state index contributed by atoms with van der Waals surface area (Å²) in [5.74, 6) is 0.863. The quantitative estimate of drug-likeness (QED) is 0.686. The zero-order valence-corrected chi connectivity index (χ0v) is 16.1. The molecule has 1 atom stereocenters. The molecule has 2 aromatic carbocycles. The summed E-state index contributed by atoms with van der Waals surface area (Å²) in [6.07, 6.45) is 0.293. The minimum atomic E-state index is -0.600. The van der Waals surface area contributed by atoms with Crippen LogP contribution < -0.4 is 4.74 Å². The molecule has 0 radical (unpaired) electrons. The number of aliphatic hydroxyl groups is 2. The van der Waals surface area contributed by atoms with Crippen molar-refractivity contribution in [2.24, 2.45) is 0 Å². The second-order valence-electron chi connectivity index (χ2n) is 6.88. The molecule has 0 aliphatic rings. The first kappa shape index (κ1) is 20.4. The molecule has 0 aromatic heterocycles. The Morgan fingerprint density at radius 3 is 2.35 bits per heavy atom. The van der Waals surface area contributed by atoms with Crippen molar-refractivity contribution < 1.29 is 14.9 Å². The molecule has 0 amide bonds. The Balaban J connectivity index is 1.87. The predicted octanol–water partition coefficient (Wildman–Crippen LogP) is 2.89. The lowest BCUT2D eigenvalue weighted by atomic mass is 10.1. The van der Waals surface area contributed by atoms with Crippen molar-refractivity contribution in [2.45, 2.75) is 33.3 Å². The minimum absolute atomic E-state index is 0.0818. The summed E-state index contributed by atoms with van der Waals surface area (Å²) in [6, 6.07) is 14.4. The second-order valence-corrected chi connectivity index (χ2v) is 6.88. The summed E-state index contributed by atoms with van der Waals surface area (Å²) < 4.78 is 5.91. The molecular formula is C22H31NO3. The average Bonchev–Trinajstić information content (AvgIpc) is 2.64. The van der Waals surface area contributed by atoms with Gasteiger partial charge in [0.1, 0.15) is 18.5 Å². The van der Waals surface area contributed by atoms with Crippen LogP contribution in [0.15, 0.2) is 42.5 Å². The van der Waals surface area contributed by atoms with E-state index in [2.05, 4.69) is 30.0 Å². The lowest BCUT2D eigenvalue weighted by Gasteiger charge is -2.25. The van der Waals surface area contributed by atoms with Crippen molar-refractivity contribution in [3.8, 4) is 5.75 Å². The lowest BCUT2D eigenvalue weighted by molar-refractivity contribution is 0.0618. The van der Waals surface area contributed by atoms with Gasteiger partial charge in [-0.2, -0.15) is 0 Å². The smallest absolute Gasteiger partial charge is 0.125 e. The summed E-state index contributed by atoms with van der Waals surface area (Å²) in [5.41, 5.74) is 4.64. The normalized spacial score (nSPS) is 12.4. The monoisotopic (exact) mass is 357 g/mol. The maximum atomic E-state index is 10.4. The Labute approximate surface area is 157 Å². The van der Waals surface area contributed by atoms with Crippen LogP contribution >= 0.6 is 0 Å². The SMILES string of the molecule is Cc1ccc(C)c(OCC(O)CN(CCO)CCc2ccccc2)c1C. The van der Waals surface area contributed by atoms with Crippen LogP contribution in [0.5, 0.6) is 5.75 Å². The molecule has 0 fully saturated rings. The summed E-state index contributed by atoms with van der Waals surface area (Å²) in [6.45, 7) is 8.28. The molecule has 0 saturated heterocycles. The second kappa shape index (κ2) is 10.3. The van der Waals surface area contributed by atoms with E-state index in [0.717, 1.165) is 29.8 Å². The van der Waals surface area contributed by atoms with Gasteiger partial charge in [0.25, 0.3) is 0 Å². The van der Waals surface area contributed by atoms with Gasteiger partial charge in [0.15, 0.2) is 0 Å². The van der Waals surface area contributed by atoms with Crippen LogP contribution in [0.4, 0.5) is 0 Å². The first-order valence-corrected chi connectivity index (χ1v) is 9.26. The molecule has 0 heterocycles. The number of benzene rings is 2. The fourth-order valence-electron chi connectivity index (χ4n) is 3.05. The van der Waals surface area contributed by atoms with E-state index >= 15 is 0 Å². The van der Waals surface area contributed by atoms with Gasteiger partial charge in [0, 0.05) is 19.6 Å².